The molecule has 0 nitrogen and oxygen atoms in total. The molecule has 0 aliphatic rings. The number of halogens is 1. The largest absolute Gasteiger partial charge is 0.0990 e. The second-order valence-electron chi connectivity index (χ2n) is 2.54. The molecule has 0 aliphatic carbocycles. The number of allylic oxidation sites excluding steroid dienone is 4. The first-order chi connectivity index (χ1) is 8.29. The third kappa shape index (κ3) is 6.96. The number of hydrogen-bond donors (Lipinski definition) is 0. The Morgan fingerprint density at radius 1 is 1.06 bits per heavy atom. The van der Waals surface area contributed by atoms with Gasteiger partial charge in [0.2, 0.25) is 0 Å². The Morgan fingerprint density at radius 2 is 1.59 bits per heavy atom. The maximum absolute atomic E-state index is 3.76. The highest BCUT2D eigenvalue weighted by Gasteiger charge is 1.99. The maximum Gasteiger partial charge on any atom is 0.0253 e. The minimum Gasteiger partial charge on any atom is -0.0990 e. The summed E-state index contributed by atoms with van der Waals surface area (Å²) in [6.07, 6.45) is 5.52. The zero-order valence-corrected chi connectivity index (χ0v) is 12.9. The summed E-state index contributed by atoms with van der Waals surface area (Å²) in [4.78, 5) is 0. The fraction of sp³-hybridized carbons (Fsp3) is 0.250. The molecule has 1 heteroatoms. The van der Waals surface area contributed by atoms with Crippen molar-refractivity contribution in [2.75, 3.05) is 0 Å². The molecule has 0 saturated heterocycles. The van der Waals surface area contributed by atoms with Gasteiger partial charge in [-0.05, 0) is 17.2 Å². The Morgan fingerprint density at radius 3 is 2.00 bits per heavy atom. The zero-order chi connectivity index (χ0) is 13.7. The summed E-state index contributed by atoms with van der Waals surface area (Å²) < 4.78 is 1.07. The average Bonchev–Trinajstić information content (AvgIpc) is 2.42. The van der Waals surface area contributed by atoms with E-state index in [0.717, 1.165) is 15.6 Å². The van der Waals surface area contributed by atoms with Crippen LogP contribution in [-0.4, -0.2) is 0 Å². The van der Waals surface area contributed by atoms with E-state index in [1.807, 2.05) is 64.1 Å². The van der Waals surface area contributed by atoms with Crippen LogP contribution in [0.1, 0.15) is 33.3 Å². The lowest BCUT2D eigenvalue weighted by Gasteiger charge is -2.03. The molecule has 0 aliphatic heterocycles. The molecule has 1 rings (SSSR count). The molecule has 0 fully saturated rings. The smallest absolute Gasteiger partial charge is 0.0253 e. The molecule has 0 saturated carbocycles. The van der Waals surface area contributed by atoms with E-state index < -0.39 is 0 Å². The van der Waals surface area contributed by atoms with Gasteiger partial charge in [0.15, 0.2) is 0 Å². The van der Waals surface area contributed by atoms with Crippen molar-refractivity contribution < 1.29 is 0 Å². The Hall–Kier alpha value is -1.08. The molecule has 17 heavy (non-hydrogen) atoms. The zero-order valence-electron chi connectivity index (χ0n) is 11.3. The third-order valence-electron chi connectivity index (χ3n) is 1.70. The fourth-order valence-corrected chi connectivity index (χ4v) is 1.60. The standard InChI is InChI=1S/C12H11Br.2C2H6/c1-3-7-10(4-2)11-8-5-6-9-12(11)13;2*1-2/h3-9H,1-2H2;2*1-2H3/b10-7+;;. The Kier molecular flexibility index (Phi) is 14.0. The van der Waals surface area contributed by atoms with Crippen LogP contribution in [0.3, 0.4) is 0 Å². The van der Waals surface area contributed by atoms with E-state index >= 15 is 0 Å². The summed E-state index contributed by atoms with van der Waals surface area (Å²) in [5.74, 6) is 0. The quantitative estimate of drug-likeness (QED) is 0.577. The van der Waals surface area contributed by atoms with Crippen molar-refractivity contribution in [2.24, 2.45) is 0 Å². The highest BCUT2D eigenvalue weighted by atomic mass is 79.9. The lowest BCUT2D eigenvalue weighted by Crippen LogP contribution is -1.81. The Labute approximate surface area is 115 Å². The number of benzene rings is 1. The van der Waals surface area contributed by atoms with Crippen LogP contribution < -0.4 is 0 Å². The summed E-state index contributed by atoms with van der Waals surface area (Å²) in [6.45, 7) is 15.4. The van der Waals surface area contributed by atoms with Crippen molar-refractivity contribution in [3.8, 4) is 0 Å². The molecule has 0 atom stereocenters. The van der Waals surface area contributed by atoms with Gasteiger partial charge >= 0.3 is 0 Å². The molecule has 0 radical (unpaired) electrons. The molecule has 1 aromatic rings. The molecule has 0 bridgehead atoms. The van der Waals surface area contributed by atoms with E-state index in [1.54, 1.807) is 6.08 Å². The summed E-state index contributed by atoms with van der Waals surface area (Å²) in [7, 11) is 0. The minimum absolute atomic E-state index is 1.07. The molecule has 0 heterocycles. The van der Waals surface area contributed by atoms with Gasteiger partial charge in [0.1, 0.15) is 0 Å². The molecule has 0 aromatic heterocycles. The summed E-state index contributed by atoms with van der Waals surface area (Å²) in [5, 5.41) is 0. The van der Waals surface area contributed by atoms with Gasteiger partial charge in [-0.25, -0.2) is 0 Å². The van der Waals surface area contributed by atoms with E-state index in [4.69, 9.17) is 0 Å². The van der Waals surface area contributed by atoms with E-state index in [0.29, 0.717) is 0 Å². The van der Waals surface area contributed by atoms with Gasteiger partial charge in [-0.3, -0.25) is 0 Å². The molecular weight excluding hydrogens is 272 g/mol. The minimum atomic E-state index is 1.07. The second-order valence-corrected chi connectivity index (χ2v) is 3.40. The van der Waals surface area contributed by atoms with Gasteiger partial charge in [0.25, 0.3) is 0 Å². The van der Waals surface area contributed by atoms with Gasteiger partial charge in [-0.15, -0.1) is 0 Å². The van der Waals surface area contributed by atoms with Crippen LogP contribution in [0.15, 0.2) is 60.1 Å². The predicted octanol–water partition coefficient (Wildman–Crippen LogP) is 6.26. The van der Waals surface area contributed by atoms with Crippen molar-refractivity contribution in [3.63, 3.8) is 0 Å². The molecular formula is C16H23Br. The number of hydrogen-bond acceptors (Lipinski definition) is 0. The lowest BCUT2D eigenvalue weighted by molar-refractivity contribution is 1.50. The topological polar surface area (TPSA) is 0 Å². The average molecular weight is 295 g/mol. The van der Waals surface area contributed by atoms with Crippen molar-refractivity contribution in [1.29, 1.82) is 0 Å². The third-order valence-corrected chi connectivity index (χ3v) is 2.39. The molecule has 94 valence electrons. The summed E-state index contributed by atoms with van der Waals surface area (Å²) in [5.41, 5.74) is 2.21. The molecule has 0 N–H and O–H groups in total. The number of rotatable bonds is 3. The first kappa shape index (κ1) is 18.3. The van der Waals surface area contributed by atoms with Gasteiger partial charge in [0.05, 0.1) is 0 Å². The van der Waals surface area contributed by atoms with Crippen LogP contribution in [0.25, 0.3) is 5.57 Å². The lowest BCUT2D eigenvalue weighted by atomic mass is 10.1. The predicted molar refractivity (Wildman–Crippen MR) is 85.2 cm³/mol. The van der Waals surface area contributed by atoms with Gasteiger partial charge in [-0.2, -0.15) is 0 Å². The van der Waals surface area contributed by atoms with E-state index in [9.17, 15) is 0 Å². The molecule has 0 spiro atoms. The first-order valence-corrected chi connectivity index (χ1v) is 6.79. The van der Waals surface area contributed by atoms with Gasteiger partial charge in [0, 0.05) is 4.47 Å². The summed E-state index contributed by atoms with van der Waals surface area (Å²) >= 11 is 3.48. The molecule has 0 amide bonds. The summed E-state index contributed by atoms with van der Waals surface area (Å²) in [6, 6.07) is 8.04. The van der Waals surface area contributed by atoms with Gasteiger partial charge in [-0.1, -0.05) is 93.2 Å². The van der Waals surface area contributed by atoms with Crippen molar-refractivity contribution >= 4 is 21.5 Å². The normalized spacial score (nSPS) is 9.12. The van der Waals surface area contributed by atoms with Crippen molar-refractivity contribution in [3.05, 3.63) is 65.7 Å². The van der Waals surface area contributed by atoms with E-state index in [1.165, 1.54) is 0 Å². The van der Waals surface area contributed by atoms with Crippen LogP contribution in [-0.2, 0) is 0 Å². The van der Waals surface area contributed by atoms with Crippen LogP contribution in [0.2, 0.25) is 0 Å². The Balaban J connectivity index is 0. The fourth-order valence-electron chi connectivity index (χ4n) is 1.09. The highest BCUT2D eigenvalue weighted by molar-refractivity contribution is 9.10. The van der Waals surface area contributed by atoms with Crippen LogP contribution in [0, 0.1) is 0 Å². The van der Waals surface area contributed by atoms with Crippen molar-refractivity contribution in [1.82, 2.24) is 0 Å². The van der Waals surface area contributed by atoms with Crippen molar-refractivity contribution in [2.45, 2.75) is 27.7 Å². The van der Waals surface area contributed by atoms with E-state index in [2.05, 4.69) is 29.1 Å². The molecule has 1 aromatic carbocycles. The van der Waals surface area contributed by atoms with Crippen LogP contribution >= 0.6 is 15.9 Å². The Bertz CT molecular complexity index is 348. The SMILES string of the molecule is C=C/C=C(\C=C)c1ccccc1Br.CC.CC. The first-order valence-electron chi connectivity index (χ1n) is 5.99. The maximum atomic E-state index is 3.76. The monoisotopic (exact) mass is 294 g/mol. The highest BCUT2D eigenvalue weighted by Crippen LogP contribution is 2.24. The molecule has 0 unspecified atom stereocenters. The van der Waals surface area contributed by atoms with Crippen LogP contribution in [0.4, 0.5) is 0 Å². The van der Waals surface area contributed by atoms with E-state index in [-0.39, 0.29) is 0 Å². The second kappa shape index (κ2) is 13.0. The van der Waals surface area contributed by atoms with Gasteiger partial charge < -0.3 is 0 Å². The van der Waals surface area contributed by atoms with Crippen LogP contribution in [0.5, 0.6) is 0 Å².